The first-order valence-electron chi connectivity index (χ1n) is 12.2. The maximum absolute atomic E-state index is 13.3. The number of nitrogens with one attached hydrogen (secondary N) is 1. The number of anilines is 1. The molecule has 0 unspecified atom stereocenters. The number of ether oxygens (including phenoxy) is 1. The van der Waals surface area contributed by atoms with Crippen molar-refractivity contribution < 1.29 is 14.3 Å². The topological polar surface area (TPSA) is 79.7 Å². The number of hydrogen-bond acceptors (Lipinski definition) is 5. The van der Waals surface area contributed by atoms with Crippen molar-refractivity contribution in [2.45, 2.75) is 0 Å². The van der Waals surface area contributed by atoms with Gasteiger partial charge in [-0.05, 0) is 74.8 Å². The number of halogens is 2. The van der Waals surface area contributed by atoms with E-state index in [4.69, 9.17) is 32.9 Å². The van der Waals surface area contributed by atoms with E-state index in [1.165, 1.54) is 4.90 Å². The summed E-state index contributed by atoms with van der Waals surface area (Å²) in [4.78, 5) is 34.7. The molecule has 10 heteroatoms. The van der Waals surface area contributed by atoms with Crippen molar-refractivity contribution in [3.63, 3.8) is 0 Å². The van der Waals surface area contributed by atoms with Crippen LogP contribution in [0.4, 0.5) is 5.95 Å². The zero-order valence-corrected chi connectivity index (χ0v) is 23.4. The summed E-state index contributed by atoms with van der Waals surface area (Å²) in [5, 5.41) is 4.05. The highest BCUT2D eigenvalue weighted by atomic mass is 35.5. The predicted octanol–water partition coefficient (Wildman–Crippen LogP) is 5.50. The van der Waals surface area contributed by atoms with Crippen LogP contribution in [0.3, 0.4) is 0 Å². The number of benzene rings is 3. The largest absolute Gasteiger partial charge is 0.497 e. The third-order valence-corrected chi connectivity index (χ3v) is 6.48. The fourth-order valence-corrected chi connectivity index (χ4v) is 4.11. The van der Waals surface area contributed by atoms with Crippen molar-refractivity contribution >= 4 is 41.0 Å². The number of likely N-dealkylation sites (N-methyl/N-ethyl adjacent to an activating group) is 1. The maximum Gasteiger partial charge on any atom is 0.254 e. The molecular weight excluding hydrogens is 537 g/mol. The van der Waals surface area contributed by atoms with Gasteiger partial charge in [0.2, 0.25) is 11.9 Å². The molecule has 1 heterocycles. The van der Waals surface area contributed by atoms with E-state index < -0.39 is 0 Å². The molecular formula is C29H29Cl2N5O3. The van der Waals surface area contributed by atoms with Gasteiger partial charge in [0, 0.05) is 46.1 Å². The average molecular weight is 566 g/mol. The van der Waals surface area contributed by atoms with E-state index in [1.54, 1.807) is 48.1 Å². The van der Waals surface area contributed by atoms with Crippen LogP contribution in [-0.4, -0.2) is 72.0 Å². The van der Waals surface area contributed by atoms with E-state index >= 15 is 0 Å². The Bertz CT molecular complexity index is 1420. The molecule has 39 heavy (non-hydrogen) atoms. The monoisotopic (exact) mass is 565 g/mol. The fraction of sp³-hybridized carbons (Fsp3) is 0.207. The highest BCUT2D eigenvalue weighted by Gasteiger charge is 2.21. The summed E-state index contributed by atoms with van der Waals surface area (Å²) in [6, 6.07) is 21.3. The molecule has 0 saturated carbocycles. The number of hydrogen-bond donors (Lipinski definition) is 1. The van der Waals surface area contributed by atoms with Gasteiger partial charge < -0.3 is 14.5 Å². The second kappa shape index (κ2) is 12.8. The Hall–Kier alpha value is -3.85. The maximum atomic E-state index is 13.3. The Morgan fingerprint density at radius 1 is 0.897 bits per heavy atom. The lowest BCUT2D eigenvalue weighted by atomic mass is 10.2. The summed E-state index contributed by atoms with van der Waals surface area (Å²) in [6.07, 6.45) is 1.84. The second-order valence-electron chi connectivity index (χ2n) is 9.11. The molecule has 4 rings (SSSR count). The van der Waals surface area contributed by atoms with Crippen LogP contribution in [0.25, 0.3) is 16.9 Å². The van der Waals surface area contributed by atoms with Crippen LogP contribution < -0.4 is 10.1 Å². The minimum absolute atomic E-state index is 0.152. The first-order chi connectivity index (χ1) is 18.7. The molecule has 202 valence electrons. The standard InChI is InChI=1S/C29H29Cl2N5O3/c1-34(2)16-17-35(28(38)21-6-10-23(31)11-7-21)19-27(37)33-29-32-26(20-4-8-22(30)9-5-20)18-36(29)24-12-14-25(39-3)15-13-24/h4-15,18H,16-17,19H2,1-3H3,(H,32,33,37). The van der Waals surface area contributed by atoms with Crippen molar-refractivity contribution in [2.24, 2.45) is 0 Å². The second-order valence-corrected chi connectivity index (χ2v) is 9.98. The van der Waals surface area contributed by atoms with Crippen molar-refractivity contribution in [3.8, 4) is 22.7 Å². The third kappa shape index (κ3) is 7.38. The summed E-state index contributed by atoms with van der Waals surface area (Å²) in [6.45, 7) is 0.805. The number of amides is 2. The molecule has 1 aromatic heterocycles. The third-order valence-electron chi connectivity index (χ3n) is 5.98. The highest BCUT2D eigenvalue weighted by Crippen LogP contribution is 2.26. The number of methoxy groups -OCH3 is 1. The van der Waals surface area contributed by atoms with E-state index in [2.05, 4.69) is 5.32 Å². The van der Waals surface area contributed by atoms with Crippen molar-refractivity contribution in [3.05, 3.63) is 94.6 Å². The number of carbonyl (C=O) groups excluding carboxylic acids is 2. The molecule has 0 bridgehead atoms. The van der Waals surface area contributed by atoms with Crippen LogP contribution in [-0.2, 0) is 4.79 Å². The zero-order chi connectivity index (χ0) is 27.9. The smallest absolute Gasteiger partial charge is 0.254 e. The van der Waals surface area contributed by atoms with Crippen LogP contribution in [0.1, 0.15) is 10.4 Å². The Balaban J connectivity index is 1.61. The molecule has 2 amide bonds. The normalized spacial score (nSPS) is 10.9. The zero-order valence-electron chi connectivity index (χ0n) is 21.9. The highest BCUT2D eigenvalue weighted by molar-refractivity contribution is 6.31. The molecule has 0 radical (unpaired) electrons. The number of nitrogens with zero attached hydrogens (tertiary/aromatic N) is 4. The molecule has 0 aliphatic carbocycles. The number of imidazole rings is 1. The van der Waals surface area contributed by atoms with Gasteiger partial charge in [-0.3, -0.25) is 19.5 Å². The van der Waals surface area contributed by atoms with Gasteiger partial charge in [-0.25, -0.2) is 4.98 Å². The van der Waals surface area contributed by atoms with Gasteiger partial charge in [-0.1, -0.05) is 35.3 Å². The molecule has 3 aromatic carbocycles. The summed E-state index contributed by atoms with van der Waals surface area (Å²) in [5.41, 5.74) is 2.73. The minimum Gasteiger partial charge on any atom is -0.497 e. The first kappa shape index (κ1) is 28.2. The average Bonchev–Trinajstić information content (AvgIpc) is 3.34. The molecule has 4 aromatic rings. The lowest BCUT2D eigenvalue weighted by molar-refractivity contribution is -0.117. The van der Waals surface area contributed by atoms with Gasteiger partial charge in [0.15, 0.2) is 0 Å². The Labute approximate surface area is 237 Å². The van der Waals surface area contributed by atoms with Crippen LogP contribution in [0, 0.1) is 0 Å². The van der Waals surface area contributed by atoms with Gasteiger partial charge in [0.05, 0.1) is 12.8 Å². The van der Waals surface area contributed by atoms with Gasteiger partial charge in [-0.15, -0.1) is 0 Å². The lowest BCUT2D eigenvalue weighted by Crippen LogP contribution is -2.41. The molecule has 0 atom stereocenters. The first-order valence-corrected chi connectivity index (χ1v) is 13.0. The van der Waals surface area contributed by atoms with Crippen LogP contribution in [0.5, 0.6) is 5.75 Å². The summed E-state index contributed by atoms with van der Waals surface area (Å²) in [7, 11) is 5.42. The van der Waals surface area contributed by atoms with Gasteiger partial charge in [0.1, 0.15) is 12.3 Å². The molecule has 0 aliphatic heterocycles. The van der Waals surface area contributed by atoms with E-state index in [9.17, 15) is 9.59 Å². The van der Waals surface area contributed by atoms with Crippen LogP contribution in [0.15, 0.2) is 79.0 Å². The minimum atomic E-state index is -0.376. The van der Waals surface area contributed by atoms with E-state index in [0.717, 1.165) is 11.3 Å². The van der Waals surface area contributed by atoms with Crippen LogP contribution >= 0.6 is 23.2 Å². The Morgan fingerprint density at radius 2 is 1.51 bits per heavy atom. The van der Waals surface area contributed by atoms with Crippen LogP contribution in [0.2, 0.25) is 10.0 Å². The predicted molar refractivity (Wildman–Crippen MR) is 155 cm³/mol. The molecule has 8 nitrogen and oxygen atoms in total. The molecule has 0 spiro atoms. The Morgan fingerprint density at radius 3 is 2.10 bits per heavy atom. The number of aromatic nitrogens is 2. The van der Waals surface area contributed by atoms with Gasteiger partial charge in [0.25, 0.3) is 5.91 Å². The van der Waals surface area contributed by atoms with Gasteiger partial charge >= 0.3 is 0 Å². The summed E-state index contributed by atoms with van der Waals surface area (Å²) < 4.78 is 7.06. The van der Waals surface area contributed by atoms with E-state index in [1.807, 2.05) is 61.6 Å². The molecule has 0 aliphatic rings. The fourth-order valence-electron chi connectivity index (χ4n) is 3.85. The number of rotatable bonds is 10. The quantitative estimate of drug-likeness (QED) is 0.275. The summed E-state index contributed by atoms with van der Waals surface area (Å²) in [5.74, 6) is 0.393. The SMILES string of the molecule is COc1ccc(-n2cc(-c3ccc(Cl)cc3)nc2NC(=O)CN(CCN(C)C)C(=O)c2ccc(Cl)cc2)cc1. The molecule has 0 saturated heterocycles. The Kier molecular flexibility index (Phi) is 9.24. The molecule has 0 fully saturated rings. The molecule has 1 N–H and O–H groups in total. The summed E-state index contributed by atoms with van der Waals surface area (Å²) >= 11 is 12.1. The lowest BCUT2D eigenvalue weighted by Gasteiger charge is -2.24. The van der Waals surface area contributed by atoms with E-state index in [0.29, 0.717) is 46.1 Å². The van der Waals surface area contributed by atoms with Gasteiger partial charge in [-0.2, -0.15) is 0 Å². The van der Waals surface area contributed by atoms with Crippen molar-refractivity contribution in [1.29, 1.82) is 0 Å². The van der Waals surface area contributed by atoms with Crippen molar-refractivity contribution in [2.75, 3.05) is 46.2 Å². The van der Waals surface area contributed by atoms with Crippen molar-refractivity contribution in [1.82, 2.24) is 19.4 Å². The van der Waals surface area contributed by atoms with E-state index in [-0.39, 0.29) is 18.4 Å². The number of carbonyl (C=O) groups is 2.